The molecule has 0 amide bonds. The van der Waals surface area contributed by atoms with Crippen LogP contribution in [-0.4, -0.2) is 16.5 Å². The second-order valence-corrected chi connectivity index (χ2v) is 4.25. The lowest BCUT2D eigenvalue weighted by Crippen LogP contribution is -2.07. The van der Waals surface area contributed by atoms with Gasteiger partial charge in [0, 0.05) is 18.3 Å². The van der Waals surface area contributed by atoms with Gasteiger partial charge in [-0.1, -0.05) is 12.1 Å². The molecule has 94 valence electrons. The maximum Gasteiger partial charge on any atom is 0.129 e. The molecule has 0 radical (unpaired) electrons. The predicted molar refractivity (Wildman–Crippen MR) is 70.1 cm³/mol. The molecule has 2 rings (SSSR count). The van der Waals surface area contributed by atoms with E-state index in [1.165, 1.54) is 12.1 Å². The molecule has 1 heterocycles. The fourth-order valence-electron chi connectivity index (χ4n) is 1.79. The van der Waals surface area contributed by atoms with Crippen molar-refractivity contribution in [1.29, 1.82) is 0 Å². The van der Waals surface area contributed by atoms with Crippen molar-refractivity contribution in [1.82, 2.24) is 9.97 Å². The molecule has 0 saturated heterocycles. The minimum absolute atomic E-state index is 0.200. The Morgan fingerprint density at radius 3 is 2.50 bits per heavy atom. The van der Waals surface area contributed by atoms with Crippen molar-refractivity contribution in [3.8, 4) is 0 Å². The SMILES string of the molecule is Cc1cc(NCCc2ccc(F)cc2)nc(C)n1. The van der Waals surface area contributed by atoms with Crippen LogP contribution in [0.4, 0.5) is 10.2 Å². The van der Waals surface area contributed by atoms with Crippen LogP contribution in [0.1, 0.15) is 17.1 Å². The quantitative estimate of drug-likeness (QED) is 0.900. The number of anilines is 1. The molecular weight excluding hydrogens is 229 g/mol. The number of hydrogen-bond donors (Lipinski definition) is 1. The Balaban J connectivity index is 1.90. The molecule has 1 aromatic carbocycles. The van der Waals surface area contributed by atoms with E-state index >= 15 is 0 Å². The molecule has 0 aliphatic heterocycles. The number of benzene rings is 1. The first-order valence-electron chi connectivity index (χ1n) is 5.94. The van der Waals surface area contributed by atoms with Crippen LogP contribution < -0.4 is 5.32 Å². The van der Waals surface area contributed by atoms with Crippen LogP contribution in [0.15, 0.2) is 30.3 Å². The summed E-state index contributed by atoms with van der Waals surface area (Å²) in [6.07, 6.45) is 0.836. The zero-order chi connectivity index (χ0) is 13.0. The van der Waals surface area contributed by atoms with Crippen molar-refractivity contribution < 1.29 is 4.39 Å². The summed E-state index contributed by atoms with van der Waals surface area (Å²) in [5, 5.41) is 3.24. The number of aromatic nitrogens is 2. The van der Waals surface area contributed by atoms with Gasteiger partial charge < -0.3 is 5.32 Å². The first-order valence-corrected chi connectivity index (χ1v) is 5.94. The highest BCUT2D eigenvalue weighted by molar-refractivity contribution is 5.35. The fraction of sp³-hybridized carbons (Fsp3) is 0.286. The molecule has 1 N–H and O–H groups in total. The number of hydrogen-bond acceptors (Lipinski definition) is 3. The van der Waals surface area contributed by atoms with Gasteiger partial charge in [-0.3, -0.25) is 0 Å². The van der Waals surface area contributed by atoms with Gasteiger partial charge in [-0.25, -0.2) is 14.4 Å². The number of nitrogens with one attached hydrogen (secondary N) is 1. The molecule has 0 spiro atoms. The molecule has 0 aliphatic carbocycles. The van der Waals surface area contributed by atoms with E-state index in [1.54, 1.807) is 12.1 Å². The molecule has 1 aromatic heterocycles. The van der Waals surface area contributed by atoms with E-state index in [2.05, 4.69) is 15.3 Å². The summed E-state index contributed by atoms with van der Waals surface area (Å²) in [5.41, 5.74) is 2.05. The van der Waals surface area contributed by atoms with Crippen molar-refractivity contribution in [2.45, 2.75) is 20.3 Å². The Kier molecular flexibility index (Phi) is 3.87. The molecule has 4 heteroatoms. The number of halogens is 1. The third-order valence-corrected chi connectivity index (χ3v) is 2.60. The maximum absolute atomic E-state index is 12.7. The van der Waals surface area contributed by atoms with Gasteiger partial charge in [0.05, 0.1) is 0 Å². The van der Waals surface area contributed by atoms with Crippen LogP contribution in [0, 0.1) is 19.7 Å². The van der Waals surface area contributed by atoms with Crippen molar-refractivity contribution >= 4 is 5.82 Å². The molecular formula is C14H16FN3. The third-order valence-electron chi connectivity index (χ3n) is 2.60. The van der Waals surface area contributed by atoms with Gasteiger partial charge in [0.15, 0.2) is 0 Å². The molecule has 0 bridgehead atoms. The van der Waals surface area contributed by atoms with Gasteiger partial charge in [0.25, 0.3) is 0 Å². The second-order valence-electron chi connectivity index (χ2n) is 4.25. The van der Waals surface area contributed by atoms with Crippen molar-refractivity contribution in [3.63, 3.8) is 0 Å². The van der Waals surface area contributed by atoms with Crippen LogP contribution in [0.25, 0.3) is 0 Å². The van der Waals surface area contributed by atoms with E-state index in [0.29, 0.717) is 0 Å². The molecule has 0 fully saturated rings. The van der Waals surface area contributed by atoms with E-state index in [9.17, 15) is 4.39 Å². The minimum atomic E-state index is -0.200. The minimum Gasteiger partial charge on any atom is -0.370 e. The summed E-state index contributed by atoms with van der Waals surface area (Å²) in [7, 11) is 0. The smallest absolute Gasteiger partial charge is 0.129 e. The molecule has 2 aromatic rings. The van der Waals surface area contributed by atoms with E-state index in [0.717, 1.165) is 35.9 Å². The maximum atomic E-state index is 12.7. The van der Waals surface area contributed by atoms with Gasteiger partial charge in [0.2, 0.25) is 0 Å². The highest BCUT2D eigenvalue weighted by Crippen LogP contribution is 2.07. The van der Waals surface area contributed by atoms with Crippen LogP contribution >= 0.6 is 0 Å². The van der Waals surface area contributed by atoms with Gasteiger partial charge in [-0.15, -0.1) is 0 Å². The first-order chi connectivity index (χ1) is 8.63. The second kappa shape index (κ2) is 5.58. The number of rotatable bonds is 4. The van der Waals surface area contributed by atoms with Crippen molar-refractivity contribution in [2.24, 2.45) is 0 Å². The summed E-state index contributed by atoms with van der Waals surface area (Å²) in [4.78, 5) is 8.51. The Labute approximate surface area is 106 Å². The third kappa shape index (κ3) is 3.52. The van der Waals surface area contributed by atoms with Crippen LogP contribution in [-0.2, 0) is 6.42 Å². The monoisotopic (exact) mass is 245 g/mol. The number of nitrogens with zero attached hydrogens (tertiary/aromatic N) is 2. The van der Waals surface area contributed by atoms with Gasteiger partial charge in [-0.05, 0) is 38.0 Å². The average molecular weight is 245 g/mol. The van der Waals surface area contributed by atoms with Crippen LogP contribution in [0.5, 0.6) is 0 Å². The largest absolute Gasteiger partial charge is 0.370 e. The normalized spacial score (nSPS) is 10.4. The van der Waals surface area contributed by atoms with Gasteiger partial charge >= 0.3 is 0 Å². The molecule has 18 heavy (non-hydrogen) atoms. The Morgan fingerprint density at radius 2 is 1.83 bits per heavy atom. The Morgan fingerprint density at radius 1 is 1.11 bits per heavy atom. The van der Waals surface area contributed by atoms with Crippen LogP contribution in [0.3, 0.4) is 0 Å². The van der Waals surface area contributed by atoms with E-state index in [4.69, 9.17) is 0 Å². The van der Waals surface area contributed by atoms with E-state index in [1.807, 2.05) is 19.9 Å². The number of aryl methyl sites for hydroxylation is 2. The summed E-state index contributed by atoms with van der Waals surface area (Å²) >= 11 is 0. The molecule has 0 unspecified atom stereocenters. The highest BCUT2D eigenvalue weighted by Gasteiger charge is 1.99. The first kappa shape index (κ1) is 12.5. The predicted octanol–water partition coefficient (Wildman–Crippen LogP) is 2.89. The van der Waals surface area contributed by atoms with Gasteiger partial charge in [0.1, 0.15) is 17.5 Å². The Bertz CT molecular complexity index is 503. The zero-order valence-corrected chi connectivity index (χ0v) is 10.6. The summed E-state index contributed by atoms with van der Waals surface area (Å²) in [6, 6.07) is 8.47. The van der Waals surface area contributed by atoms with Crippen molar-refractivity contribution in [3.05, 3.63) is 53.2 Å². The lowest BCUT2D eigenvalue weighted by Gasteiger charge is -2.07. The Hall–Kier alpha value is -1.97. The summed E-state index contributed by atoms with van der Waals surface area (Å²) < 4.78 is 12.7. The lowest BCUT2D eigenvalue weighted by atomic mass is 10.1. The zero-order valence-electron chi connectivity index (χ0n) is 10.6. The highest BCUT2D eigenvalue weighted by atomic mass is 19.1. The average Bonchev–Trinajstić information content (AvgIpc) is 2.30. The van der Waals surface area contributed by atoms with Gasteiger partial charge in [-0.2, -0.15) is 0 Å². The standard InChI is InChI=1S/C14H16FN3/c1-10-9-14(18-11(2)17-10)16-8-7-12-3-5-13(15)6-4-12/h3-6,9H,7-8H2,1-2H3,(H,16,17,18). The summed E-state index contributed by atoms with van der Waals surface area (Å²) in [6.45, 7) is 4.58. The van der Waals surface area contributed by atoms with E-state index < -0.39 is 0 Å². The topological polar surface area (TPSA) is 37.8 Å². The van der Waals surface area contributed by atoms with E-state index in [-0.39, 0.29) is 5.82 Å². The molecule has 0 saturated carbocycles. The lowest BCUT2D eigenvalue weighted by molar-refractivity contribution is 0.627. The van der Waals surface area contributed by atoms with Crippen molar-refractivity contribution in [2.75, 3.05) is 11.9 Å². The molecule has 3 nitrogen and oxygen atoms in total. The molecule has 0 atom stereocenters. The van der Waals surface area contributed by atoms with Crippen LogP contribution in [0.2, 0.25) is 0 Å². The summed E-state index contributed by atoms with van der Waals surface area (Å²) in [5.74, 6) is 1.40. The fourth-order valence-corrected chi connectivity index (χ4v) is 1.79. The molecule has 0 aliphatic rings.